The zero-order chi connectivity index (χ0) is 15.3. The molecule has 1 saturated heterocycles. The van der Waals surface area contributed by atoms with Crippen molar-refractivity contribution in [2.45, 2.75) is 51.9 Å². The number of rotatable bonds is 6. The van der Waals surface area contributed by atoms with Gasteiger partial charge in [-0.3, -0.25) is 9.59 Å². The Labute approximate surface area is 126 Å². The van der Waals surface area contributed by atoms with E-state index in [1.54, 1.807) is 0 Å². The summed E-state index contributed by atoms with van der Waals surface area (Å²) in [5.41, 5.74) is -0.739. The Morgan fingerprint density at radius 2 is 2.00 bits per heavy atom. The predicted molar refractivity (Wildman–Crippen MR) is 80.9 cm³/mol. The van der Waals surface area contributed by atoms with E-state index in [-0.39, 0.29) is 12.5 Å². The zero-order valence-corrected chi connectivity index (χ0v) is 13.0. The lowest BCUT2D eigenvalue weighted by Crippen LogP contribution is -2.45. The third-order valence-electron chi connectivity index (χ3n) is 5.25. The monoisotopic (exact) mass is 296 g/mol. The van der Waals surface area contributed by atoms with Crippen molar-refractivity contribution in [2.24, 2.45) is 17.3 Å². The van der Waals surface area contributed by atoms with E-state index in [9.17, 15) is 14.7 Å². The molecule has 5 nitrogen and oxygen atoms in total. The second-order valence-corrected chi connectivity index (χ2v) is 6.94. The molecule has 0 aromatic rings. The molecule has 2 rings (SSSR count). The van der Waals surface area contributed by atoms with Crippen molar-refractivity contribution >= 4 is 11.9 Å². The number of carboxylic acid groups (broad SMARTS) is 1. The summed E-state index contributed by atoms with van der Waals surface area (Å²) in [5.74, 6) is 0.443. The van der Waals surface area contributed by atoms with Crippen molar-refractivity contribution < 1.29 is 14.7 Å². The fourth-order valence-corrected chi connectivity index (χ4v) is 3.43. The van der Waals surface area contributed by atoms with E-state index in [1.807, 2.05) is 0 Å². The smallest absolute Gasteiger partial charge is 0.311 e. The molecule has 2 fully saturated rings. The van der Waals surface area contributed by atoms with Crippen LogP contribution in [-0.2, 0) is 9.59 Å². The third kappa shape index (κ3) is 4.43. The van der Waals surface area contributed by atoms with Gasteiger partial charge in [-0.15, -0.1) is 0 Å². The molecule has 2 aliphatic rings. The molecule has 1 saturated carbocycles. The van der Waals surface area contributed by atoms with Crippen molar-refractivity contribution in [3.63, 3.8) is 0 Å². The Kier molecular flexibility index (Phi) is 5.62. The van der Waals surface area contributed by atoms with Crippen molar-refractivity contribution in [3.8, 4) is 0 Å². The first-order chi connectivity index (χ1) is 10.0. The molecule has 0 aromatic carbocycles. The van der Waals surface area contributed by atoms with Gasteiger partial charge in [0.2, 0.25) is 5.91 Å². The number of aliphatic carboxylic acids is 1. The quantitative estimate of drug-likeness (QED) is 0.698. The van der Waals surface area contributed by atoms with E-state index in [4.69, 9.17) is 0 Å². The average molecular weight is 296 g/mol. The first kappa shape index (κ1) is 16.3. The van der Waals surface area contributed by atoms with Gasteiger partial charge in [0.15, 0.2) is 0 Å². The van der Waals surface area contributed by atoms with Crippen molar-refractivity contribution in [2.75, 3.05) is 19.6 Å². The number of nitrogens with one attached hydrogen (secondary N) is 2. The van der Waals surface area contributed by atoms with Crippen LogP contribution >= 0.6 is 0 Å². The third-order valence-corrected chi connectivity index (χ3v) is 5.25. The standard InChI is InChI=1S/C16H28N2O3/c1-12-4-7-16(8-5-12,15(20)21)11-18-14(19)3-2-13-6-9-17-10-13/h12-13,17H,2-11H2,1H3,(H,18,19)(H,20,21). The van der Waals surface area contributed by atoms with Gasteiger partial charge in [0.25, 0.3) is 0 Å². The second-order valence-electron chi connectivity index (χ2n) is 6.94. The van der Waals surface area contributed by atoms with Gasteiger partial charge >= 0.3 is 5.97 Å². The molecule has 1 amide bonds. The highest BCUT2D eigenvalue weighted by atomic mass is 16.4. The first-order valence-electron chi connectivity index (χ1n) is 8.23. The highest BCUT2D eigenvalue weighted by molar-refractivity contribution is 5.79. The molecule has 1 unspecified atom stereocenters. The summed E-state index contributed by atoms with van der Waals surface area (Å²) in [6.07, 6.45) is 5.79. The Hall–Kier alpha value is -1.10. The minimum absolute atomic E-state index is 0.00106. The zero-order valence-electron chi connectivity index (χ0n) is 13.0. The summed E-state index contributed by atoms with van der Waals surface area (Å²) < 4.78 is 0. The van der Waals surface area contributed by atoms with Crippen molar-refractivity contribution in [1.82, 2.24) is 10.6 Å². The number of carbonyl (C=O) groups excluding carboxylic acids is 1. The van der Waals surface area contributed by atoms with Gasteiger partial charge in [-0.25, -0.2) is 0 Å². The fourth-order valence-electron chi connectivity index (χ4n) is 3.43. The van der Waals surface area contributed by atoms with Gasteiger partial charge in [-0.05, 0) is 63.5 Å². The normalized spacial score (nSPS) is 32.8. The molecule has 5 heteroatoms. The highest BCUT2D eigenvalue weighted by Gasteiger charge is 2.41. The minimum atomic E-state index is -0.755. The van der Waals surface area contributed by atoms with Crippen LogP contribution in [0, 0.1) is 17.3 Å². The maximum absolute atomic E-state index is 11.9. The Morgan fingerprint density at radius 3 is 2.57 bits per heavy atom. The average Bonchev–Trinajstić information content (AvgIpc) is 2.98. The summed E-state index contributed by atoms with van der Waals surface area (Å²) in [4.78, 5) is 23.6. The van der Waals surface area contributed by atoms with E-state index in [2.05, 4.69) is 17.6 Å². The predicted octanol–water partition coefficient (Wildman–Crippen LogP) is 1.77. The molecular formula is C16H28N2O3. The molecule has 0 aromatic heterocycles. The Balaban J connectivity index is 1.76. The molecule has 1 aliphatic carbocycles. The van der Waals surface area contributed by atoms with E-state index in [0.29, 0.717) is 31.1 Å². The van der Waals surface area contributed by atoms with Crippen LogP contribution < -0.4 is 10.6 Å². The van der Waals surface area contributed by atoms with Crippen LogP contribution in [0.15, 0.2) is 0 Å². The van der Waals surface area contributed by atoms with Gasteiger partial charge in [0.1, 0.15) is 0 Å². The summed E-state index contributed by atoms with van der Waals surface area (Å²) in [7, 11) is 0. The van der Waals surface area contributed by atoms with Gasteiger partial charge < -0.3 is 15.7 Å². The van der Waals surface area contributed by atoms with Gasteiger partial charge in [0, 0.05) is 13.0 Å². The van der Waals surface area contributed by atoms with Crippen molar-refractivity contribution in [3.05, 3.63) is 0 Å². The van der Waals surface area contributed by atoms with Gasteiger partial charge in [-0.2, -0.15) is 0 Å². The minimum Gasteiger partial charge on any atom is -0.481 e. The molecule has 1 aliphatic heterocycles. The molecule has 0 radical (unpaired) electrons. The maximum atomic E-state index is 11.9. The lowest BCUT2D eigenvalue weighted by molar-refractivity contribution is -0.151. The van der Waals surface area contributed by atoms with E-state index >= 15 is 0 Å². The van der Waals surface area contributed by atoms with E-state index in [1.165, 1.54) is 0 Å². The number of hydrogen-bond acceptors (Lipinski definition) is 3. The number of carboxylic acids is 1. The van der Waals surface area contributed by atoms with Crippen LogP contribution in [0.5, 0.6) is 0 Å². The number of amides is 1. The van der Waals surface area contributed by atoms with Crippen LogP contribution in [0.1, 0.15) is 51.9 Å². The van der Waals surface area contributed by atoms with Gasteiger partial charge in [-0.1, -0.05) is 6.92 Å². The van der Waals surface area contributed by atoms with E-state index in [0.717, 1.165) is 38.8 Å². The molecular weight excluding hydrogens is 268 g/mol. The van der Waals surface area contributed by atoms with Gasteiger partial charge in [0.05, 0.1) is 5.41 Å². The SMILES string of the molecule is CC1CCC(CNC(=O)CCC2CCNC2)(C(=O)O)CC1. The summed E-state index contributed by atoms with van der Waals surface area (Å²) in [5, 5.41) is 15.7. The summed E-state index contributed by atoms with van der Waals surface area (Å²) in [6, 6.07) is 0. The highest BCUT2D eigenvalue weighted by Crippen LogP contribution is 2.38. The second kappa shape index (κ2) is 7.25. The lowest BCUT2D eigenvalue weighted by atomic mass is 9.71. The molecule has 0 spiro atoms. The maximum Gasteiger partial charge on any atom is 0.311 e. The fraction of sp³-hybridized carbons (Fsp3) is 0.875. The molecule has 3 N–H and O–H groups in total. The van der Waals surface area contributed by atoms with Crippen LogP contribution in [0.4, 0.5) is 0 Å². The molecule has 1 atom stereocenters. The first-order valence-corrected chi connectivity index (χ1v) is 8.23. The van der Waals surface area contributed by atoms with E-state index < -0.39 is 11.4 Å². The molecule has 0 bridgehead atoms. The van der Waals surface area contributed by atoms with Crippen molar-refractivity contribution in [1.29, 1.82) is 0 Å². The van der Waals surface area contributed by atoms with Crippen LogP contribution in [0.2, 0.25) is 0 Å². The number of carbonyl (C=O) groups is 2. The topological polar surface area (TPSA) is 78.4 Å². The lowest BCUT2D eigenvalue weighted by Gasteiger charge is -2.35. The molecule has 21 heavy (non-hydrogen) atoms. The molecule has 1 heterocycles. The largest absolute Gasteiger partial charge is 0.481 e. The van der Waals surface area contributed by atoms with Crippen LogP contribution in [0.25, 0.3) is 0 Å². The Bertz CT molecular complexity index is 370. The van der Waals surface area contributed by atoms with Crippen LogP contribution in [-0.4, -0.2) is 36.6 Å². The summed E-state index contributed by atoms with van der Waals surface area (Å²) >= 11 is 0. The van der Waals surface area contributed by atoms with Crippen LogP contribution in [0.3, 0.4) is 0 Å². The molecule has 120 valence electrons. The Morgan fingerprint density at radius 1 is 1.29 bits per heavy atom. The summed E-state index contributed by atoms with van der Waals surface area (Å²) in [6.45, 7) is 4.51. The number of hydrogen-bond donors (Lipinski definition) is 3.